The standard InChI is InChI=1S/C12H24N2O2/c1-13-12(11-3-7-16-10-11)9-14-4-2-6-15-8-5-14/h11-13H,2-10H2,1H3. The van der Waals surface area contributed by atoms with E-state index >= 15 is 0 Å². The van der Waals surface area contributed by atoms with E-state index in [4.69, 9.17) is 9.47 Å². The number of nitrogens with zero attached hydrogens (tertiary/aromatic N) is 1. The highest BCUT2D eigenvalue weighted by Crippen LogP contribution is 2.17. The van der Waals surface area contributed by atoms with Crippen LogP contribution >= 0.6 is 0 Å². The van der Waals surface area contributed by atoms with Gasteiger partial charge in [0.25, 0.3) is 0 Å². The minimum Gasteiger partial charge on any atom is -0.381 e. The molecule has 2 fully saturated rings. The second-order valence-electron chi connectivity index (χ2n) is 4.79. The fourth-order valence-corrected chi connectivity index (χ4v) is 2.60. The molecule has 0 saturated carbocycles. The molecule has 0 aromatic carbocycles. The van der Waals surface area contributed by atoms with E-state index < -0.39 is 0 Å². The molecule has 16 heavy (non-hydrogen) atoms. The Balaban J connectivity index is 1.79. The molecule has 2 unspecified atom stereocenters. The van der Waals surface area contributed by atoms with Crippen LogP contribution in [0.25, 0.3) is 0 Å². The third kappa shape index (κ3) is 3.42. The fourth-order valence-electron chi connectivity index (χ4n) is 2.60. The summed E-state index contributed by atoms with van der Waals surface area (Å²) in [7, 11) is 2.07. The largest absolute Gasteiger partial charge is 0.381 e. The molecule has 2 rings (SSSR count). The van der Waals surface area contributed by atoms with E-state index in [1.165, 1.54) is 13.0 Å². The lowest BCUT2D eigenvalue weighted by Crippen LogP contribution is -2.45. The molecule has 4 nitrogen and oxygen atoms in total. The molecule has 0 radical (unpaired) electrons. The van der Waals surface area contributed by atoms with Gasteiger partial charge in [0, 0.05) is 44.8 Å². The summed E-state index contributed by atoms with van der Waals surface area (Å²) in [4.78, 5) is 2.52. The number of hydrogen-bond acceptors (Lipinski definition) is 4. The highest BCUT2D eigenvalue weighted by molar-refractivity contribution is 4.81. The molecule has 2 saturated heterocycles. The van der Waals surface area contributed by atoms with Crippen LogP contribution < -0.4 is 5.32 Å². The van der Waals surface area contributed by atoms with Crippen LogP contribution in [-0.2, 0) is 9.47 Å². The van der Waals surface area contributed by atoms with Gasteiger partial charge in [-0.2, -0.15) is 0 Å². The van der Waals surface area contributed by atoms with Gasteiger partial charge in [0.05, 0.1) is 13.2 Å². The Kier molecular flexibility index (Phi) is 5.03. The maximum absolute atomic E-state index is 5.48. The maximum atomic E-state index is 5.48. The number of rotatable bonds is 4. The van der Waals surface area contributed by atoms with Crippen molar-refractivity contribution in [1.29, 1.82) is 0 Å². The van der Waals surface area contributed by atoms with Gasteiger partial charge in [-0.05, 0) is 19.9 Å². The average molecular weight is 228 g/mol. The van der Waals surface area contributed by atoms with Gasteiger partial charge in [-0.1, -0.05) is 0 Å². The first-order chi connectivity index (χ1) is 7.90. The van der Waals surface area contributed by atoms with Gasteiger partial charge in [-0.25, -0.2) is 0 Å². The normalized spacial score (nSPS) is 30.2. The SMILES string of the molecule is CNC(CN1CCCOCC1)C1CCOC1. The van der Waals surface area contributed by atoms with Gasteiger partial charge < -0.3 is 14.8 Å². The van der Waals surface area contributed by atoms with Crippen molar-refractivity contribution in [2.24, 2.45) is 5.92 Å². The Morgan fingerprint density at radius 1 is 1.25 bits per heavy atom. The first-order valence-corrected chi connectivity index (χ1v) is 6.45. The fraction of sp³-hybridized carbons (Fsp3) is 1.00. The summed E-state index contributed by atoms with van der Waals surface area (Å²) >= 11 is 0. The second-order valence-corrected chi connectivity index (χ2v) is 4.79. The second kappa shape index (κ2) is 6.55. The van der Waals surface area contributed by atoms with Crippen LogP contribution in [0.5, 0.6) is 0 Å². The molecular formula is C12H24N2O2. The van der Waals surface area contributed by atoms with Crippen molar-refractivity contribution in [3.05, 3.63) is 0 Å². The Morgan fingerprint density at radius 3 is 2.94 bits per heavy atom. The molecule has 2 heterocycles. The molecule has 1 N–H and O–H groups in total. The van der Waals surface area contributed by atoms with Crippen LogP contribution in [0.3, 0.4) is 0 Å². The molecule has 0 aromatic heterocycles. The van der Waals surface area contributed by atoms with E-state index in [-0.39, 0.29) is 0 Å². The third-order valence-electron chi connectivity index (χ3n) is 3.67. The highest BCUT2D eigenvalue weighted by Gasteiger charge is 2.26. The van der Waals surface area contributed by atoms with E-state index in [0.717, 1.165) is 45.9 Å². The van der Waals surface area contributed by atoms with Gasteiger partial charge in [0.15, 0.2) is 0 Å². The first-order valence-electron chi connectivity index (χ1n) is 6.45. The minimum atomic E-state index is 0.570. The quantitative estimate of drug-likeness (QED) is 0.752. The molecule has 0 aliphatic carbocycles. The molecule has 0 bridgehead atoms. The van der Waals surface area contributed by atoms with Gasteiger partial charge in [-0.15, -0.1) is 0 Å². The van der Waals surface area contributed by atoms with E-state index in [1.54, 1.807) is 0 Å². The Bertz CT molecular complexity index is 187. The van der Waals surface area contributed by atoms with Gasteiger partial charge in [-0.3, -0.25) is 4.90 Å². The summed E-state index contributed by atoms with van der Waals surface area (Å²) < 4.78 is 10.9. The lowest BCUT2D eigenvalue weighted by molar-refractivity contribution is 0.134. The molecular weight excluding hydrogens is 204 g/mol. The molecule has 0 spiro atoms. The van der Waals surface area contributed by atoms with Crippen LogP contribution in [-0.4, -0.2) is 64.1 Å². The monoisotopic (exact) mass is 228 g/mol. The molecule has 2 aliphatic rings. The third-order valence-corrected chi connectivity index (χ3v) is 3.67. The zero-order chi connectivity index (χ0) is 11.2. The molecule has 0 aromatic rings. The van der Waals surface area contributed by atoms with E-state index in [0.29, 0.717) is 12.0 Å². The number of nitrogens with one attached hydrogen (secondary N) is 1. The molecule has 2 aliphatic heterocycles. The zero-order valence-corrected chi connectivity index (χ0v) is 10.3. The van der Waals surface area contributed by atoms with Crippen molar-refractivity contribution in [1.82, 2.24) is 10.2 Å². The lowest BCUT2D eigenvalue weighted by Gasteiger charge is -2.28. The Morgan fingerprint density at radius 2 is 2.19 bits per heavy atom. The number of likely N-dealkylation sites (N-methyl/N-ethyl adjacent to an activating group) is 1. The van der Waals surface area contributed by atoms with Gasteiger partial charge >= 0.3 is 0 Å². The van der Waals surface area contributed by atoms with Crippen molar-refractivity contribution >= 4 is 0 Å². The summed E-state index contributed by atoms with van der Waals surface area (Å²) in [5.41, 5.74) is 0. The summed E-state index contributed by atoms with van der Waals surface area (Å²) in [6, 6.07) is 0.570. The molecule has 0 amide bonds. The van der Waals surface area contributed by atoms with Crippen LogP contribution in [0.4, 0.5) is 0 Å². The van der Waals surface area contributed by atoms with Crippen molar-refractivity contribution in [2.45, 2.75) is 18.9 Å². The summed E-state index contributed by atoms with van der Waals surface area (Å²) in [5, 5.41) is 3.45. The zero-order valence-electron chi connectivity index (χ0n) is 10.3. The van der Waals surface area contributed by atoms with Crippen LogP contribution in [0.1, 0.15) is 12.8 Å². The van der Waals surface area contributed by atoms with E-state index in [9.17, 15) is 0 Å². The maximum Gasteiger partial charge on any atom is 0.0593 e. The van der Waals surface area contributed by atoms with E-state index in [2.05, 4.69) is 17.3 Å². The van der Waals surface area contributed by atoms with Crippen LogP contribution in [0, 0.1) is 5.92 Å². The molecule has 94 valence electrons. The van der Waals surface area contributed by atoms with Gasteiger partial charge in [0.2, 0.25) is 0 Å². The summed E-state index contributed by atoms with van der Waals surface area (Å²) in [6.07, 6.45) is 2.37. The average Bonchev–Trinajstić information content (AvgIpc) is 2.71. The smallest absolute Gasteiger partial charge is 0.0593 e. The van der Waals surface area contributed by atoms with E-state index in [1.807, 2.05) is 0 Å². The summed E-state index contributed by atoms with van der Waals surface area (Å²) in [5.74, 6) is 0.689. The number of hydrogen-bond donors (Lipinski definition) is 1. The molecule has 2 atom stereocenters. The predicted molar refractivity (Wildman–Crippen MR) is 63.6 cm³/mol. The number of ether oxygens (including phenoxy) is 2. The lowest BCUT2D eigenvalue weighted by atomic mass is 9.98. The van der Waals surface area contributed by atoms with Crippen molar-refractivity contribution in [3.8, 4) is 0 Å². The molecule has 4 heteroatoms. The van der Waals surface area contributed by atoms with Gasteiger partial charge in [0.1, 0.15) is 0 Å². The van der Waals surface area contributed by atoms with Crippen molar-refractivity contribution in [3.63, 3.8) is 0 Å². The topological polar surface area (TPSA) is 33.7 Å². The van der Waals surface area contributed by atoms with Crippen molar-refractivity contribution in [2.75, 3.05) is 53.1 Å². The first kappa shape index (κ1) is 12.3. The van der Waals surface area contributed by atoms with Crippen LogP contribution in [0.2, 0.25) is 0 Å². The highest BCUT2D eigenvalue weighted by atomic mass is 16.5. The Hall–Kier alpha value is -0.160. The minimum absolute atomic E-state index is 0.570. The summed E-state index contributed by atoms with van der Waals surface area (Å²) in [6.45, 7) is 7.05. The predicted octanol–water partition coefficient (Wildman–Crippen LogP) is 0.333. The van der Waals surface area contributed by atoms with Crippen molar-refractivity contribution < 1.29 is 9.47 Å². The van der Waals surface area contributed by atoms with Crippen LogP contribution in [0.15, 0.2) is 0 Å². The Labute approximate surface area is 98.3 Å².